The second-order valence-electron chi connectivity index (χ2n) is 4.69. The summed E-state index contributed by atoms with van der Waals surface area (Å²) in [5.41, 5.74) is 2.36. The van der Waals surface area contributed by atoms with Crippen LogP contribution in [0.2, 0.25) is 0 Å². The predicted molar refractivity (Wildman–Crippen MR) is 79.5 cm³/mol. The van der Waals surface area contributed by atoms with E-state index in [2.05, 4.69) is 11.4 Å². The number of ether oxygens (including phenoxy) is 1. The highest BCUT2D eigenvalue weighted by Gasteiger charge is 2.03. The maximum Gasteiger partial charge on any atom is 0.123 e. The van der Waals surface area contributed by atoms with Gasteiger partial charge in [-0.05, 0) is 54.4 Å². The second kappa shape index (κ2) is 7.41. The fraction of sp³-hybridized carbons (Fsp3) is 0.235. The number of rotatable bonds is 6. The molecule has 108 valence electrons. The number of halogens is 1. The molecule has 0 aliphatic rings. The Morgan fingerprint density at radius 3 is 2.86 bits per heavy atom. The van der Waals surface area contributed by atoms with Crippen LogP contribution in [0.1, 0.15) is 16.7 Å². The largest absolute Gasteiger partial charge is 0.497 e. The molecule has 0 amide bonds. The Morgan fingerprint density at radius 1 is 1.24 bits per heavy atom. The highest BCUT2D eigenvalue weighted by atomic mass is 19.1. The molecular weight excluding hydrogens is 267 g/mol. The second-order valence-corrected chi connectivity index (χ2v) is 4.69. The van der Waals surface area contributed by atoms with E-state index in [1.165, 1.54) is 23.8 Å². The van der Waals surface area contributed by atoms with Crippen molar-refractivity contribution in [2.75, 3.05) is 13.7 Å². The highest BCUT2D eigenvalue weighted by Crippen LogP contribution is 2.13. The maximum atomic E-state index is 13.2. The Bertz CT molecular complexity index is 649. The van der Waals surface area contributed by atoms with E-state index in [1.54, 1.807) is 7.11 Å². The summed E-state index contributed by atoms with van der Waals surface area (Å²) in [5, 5.41) is 12.2. The molecule has 2 aromatic carbocycles. The fourth-order valence-corrected chi connectivity index (χ4v) is 2.10. The molecule has 2 rings (SSSR count). The number of methoxy groups -OCH3 is 1. The van der Waals surface area contributed by atoms with Gasteiger partial charge in [-0.1, -0.05) is 12.1 Å². The molecule has 21 heavy (non-hydrogen) atoms. The van der Waals surface area contributed by atoms with E-state index in [-0.39, 0.29) is 5.82 Å². The van der Waals surface area contributed by atoms with E-state index in [0.29, 0.717) is 17.7 Å². The van der Waals surface area contributed by atoms with Crippen LogP contribution < -0.4 is 10.1 Å². The van der Waals surface area contributed by atoms with E-state index >= 15 is 0 Å². The summed E-state index contributed by atoms with van der Waals surface area (Å²) in [5.74, 6) is 0.517. The molecule has 0 saturated heterocycles. The van der Waals surface area contributed by atoms with Crippen molar-refractivity contribution >= 4 is 0 Å². The van der Waals surface area contributed by atoms with Crippen LogP contribution in [0.5, 0.6) is 5.75 Å². The molecule has 0 unspecified atom stereocenters. The summed E-state index contributed by atoms with van der Waals surface area (Å²) in [4.78, 5) is 0. The molecule has 0 aliphatic heterocycles. The summed E-state index contributed by atoms with van der Waals surface area (Å²) in [6.45, 7) is 1.22. The Hall–Kier alpha value is -2.38. The van der Waals surface area contributed by atoms with Crippen LogP contribution in [0.3, 0.4) is 0 Å². The summed E-state index contributed by atoms with van der Waals surface area (Å²) < 4.78 is 18.4. The van der Waals surface area contributed by atoms with Crippen LogP contribution in [0.4, 0.5) is 4.39 Å². The van der Waals surface area contributed by atoms with Crippen LogP contribution in [0.25, 0.3) is 0 Å². The SMILES string of the molecule is COc1cccc(CCNCc2cc(F)ccc2C#N)c1. The van der Waals surface area contributed by atoms with Gasteiger partial charge in [0.2, 0.25) is 0 Å². The molecule has 0 radical (unpaired) electrons. The monoisotopic (exact) mass is 284 g/mol. The van der Waals surface area contributed by atoms with Gasteiger partial charge in [0, 0.05) is 6.54 Å². The van der Waals surface area contributed by atoms with Gasteiger partial charge in [0.05, 0.1) is 18.7 Å². The van der Waals surface area contributed by atoms with Crippen molar-refractivity contribution in [3.8, 4) is 11.8 Å². The standard InChI is InChI=1S/C17H17FN2O/c1-21-17-4-2-3-13(9-17)7-8-20-12-15-10-16(18)6-5-14(15)11-19/h2-6,9-10,20H,7-8,12H2,1H3. The van der Waals surface area contributed by atoms with E-state index in [1.807, 2.05) is 24.3 Å². The lowest BCUT2D eigenvalue weighted by atomic mass is 10.1. The number of hydrogen-bond acceptors (Lipinski definition) is 3. The van der Waals surface area contributed by atoms with Crippen molar-refractivity contribution in [1.82, 2.24) is 5.32 Å². The smallest absolute Gasteiger partial charge is 0.123 e. The zero-order valence-corrected chi connectivity index (χ0v) is 11.9. The van der Waals surface area contributed by atoms with Crippen molar-refractivity contribution in [1.29, 1.82) is 5.26 Å². The third-order valence-corrected chi connectivity index (χ3v) is 3.23. The maximum absolute atomic E-state index is 13.2. The molecule has 2 aromatic rings. The third-order valence-electron chi connectivity index (χ3n) is 3.23. The van der Waals surface area contributed by atoms with E-state index in [0.717, 1.165) is 18.7 Å². The Kier molecular flexibility index (Phi) is 5.30. The van der Waals surface area contributed by atoms with Gasteiger partial charge in [-0.25, -0.2) is 4.39 Å². The van der Waals surface area contributed by atoms with E-state index in [4.69, 9.17) is 10.00 Å². The van der Waals surface area contributed by atoms with Crippen LogP contribution in [0.15, 0.2) is 42.5 Å². The van der Waals surface area contributed by atoms with Crippen LogP contribution >= 0.6 is 0 Å². The van der Waals surface area contributed by atoms with E-state index in [9.17, 15) is 4.39 Å². The van der Waals surface area contributed by atoms with Gasteiger partial charge in [0.25, 0.3) is 0 Å². The lowest BCUT2D eigenvalue weighted by Crippen LogP contribution is -2.17. The molecule has 0 atom stereocenters. The van der Waals surface area contributed by atoms with Gasteiger partial charge in [0.1, 0.15) is 11.6 Å². The van der Waals surface area contributed by atoms with Crippen molar-refractivity contribution in [2.45, 2.75) is 13.0 Å². The molecular formula is C17H17FN2O. The lowest BCUT2D eigenvalue weighted by Gasteiger charge is -2.08. The van der Waals surface area contributed by atoms with Gasteiger partial charge in [-0.15, -0.1) is 0 Å². The number of nitriles is 1. The molecule has 0 aliphatic carbocycles. The van der Waals surface area contributed by atoms with Crippen molar-refractivity contribution in [3.63, 3.8) is 0 Å². The highest BCUT2D eigenvalue weighted by molar-refractivity contribution is 5.37. The molecule has 0 bridgehead atoms. The molecule has 3 nitrogen and oxygen atoms in total. The topological polar surface area (TPSA) is 45.0 Å². The van der Waals surface area contributed by atoms with Crippen LogP contribution in [-0.4, -0.2) is 13.7 Å². The van der Waals surface area contributed by atoms with Gasteiger partial charge in [0.15, 0.2) is 0 Å². The van der Waals surface area contributed by atoms with Crippen LogP contribution in [-0.2, 0) is 13.0 Å². The molecule has 0 spiro atoms. The van der Waals surface area contributed by atoms with E-state index < -0.39 is 0 Å². The van der Waals surface area contributed by atoms with Gasteiger partial charge < -0.3 is 10.1 Å². The third kappa shape index (κ3) is 4.30. The van der Waals surface area contributed by atoms with Gasteiger partial charge in [-0.3, -0.25) is 0 Å². The minimum absolute atomic E-state index is 0.321. The average molecular weight is 284 g/mol. The number of hydrogen-bond donors (Lipinski definition) is 1. The quantitative estimate of drug-likeness (QED) is 0.829. The summed E-state index contributed by atoms with van der Waals surface area (Å²) in [6, 6.07) is 14.2. The summed E-state index contributed by atoms with van der Waals surface area (Å²) in [6.07, 6.45) is 0.842. The first-order valence-electron chi connectivity index (χ1n) is 6.75. The zero-order valence-electron chi connectivity index (χ0n) is 11.9. The minimum atomic E-state index is -0.321. The molecule has 0 heterocycles. The molecule has 0 saturated carbocycles. The number of nitrogens with one attached hydrogen (secondary N) is 1. The summed E-state index contributed by atoms with van der Waals surface area (Å²) in [7, 11) is 1.64. The normalized spacial score (nSPS) is 10.1. The summed E-state index contributed by atoms with van der Waals surface area (Å²) >= 11 is 0. The average Bonchev–Trinajstić information content (AvgIpc) is 2.52. The van der Waals surface area contributed by atoms with Crippen LogP contribution in [0, 0.1) is 17.1 Å². The first-order valence-corrected chi connectivity index (χ1v) is 6.75. The Balaban J connectivity index is 1.87. The van der Waals surface area contributed by atoms with Crippen molar-refractivity contribution < 1.29 is 9.13 Å². The molecule has 4 heteroatoms. The minimum Gasteiger partial charge on any atom is -0.497 e. The molecule has 1 N–H and O–H groups in total. The molecule has 0 fully saturated rings. The van der Waals surface area contributed by atoms with Crippen molar-refractivity contribution in [2.24, 2.45) is 0 Å². The van der Waals surface area contributed by atoms with Crippen molar-refractivity contribution in [3.05, 3.63) is 65.0 Å². The molecule has 0 aromatic heterocycles. The first-order chi connectivity index (χ1) is 10.2. The first kappa shape index (κ1) is 15.0. The fourth-order valence-electron chi connectivity index (χ4n) is 2.10. The number of benzene rings is 2. The zero-order chi connectivity index (χ0) is 15.1. The van der Waals surface area contributed by atoms with Gasteiger partial charge >= 0.3 is 0 Å². The lowest BCUT2D eigenvalue weighted by molar-refractivity contribution is 0.414. The number of nitrogens with zero attached hydrogens (tertiary/aromatic N) is 1. The van der Waals surface area contributed by atoms with Gasteiger partial charge in [-0.2, -0.15) is 5.26 Å². The Labute approximate surface area is 124 Å². The Morgan fingerprint density at radius 2 is 2.10 bits per heavy atom. The predicted octanol–water partition coefficient (Wildman–Crippen LogP) is 3.04.